The van der Waals surface area contributed by atoms with E-state index in [0.717, 1.165) is 46.1 Å². The molecule has 1 N–H and O–H groups in total. The molecule has 4 aromatic heterocycles. The van der Waals surface area contributed by atoms with Crippen LogP contribution in [0.3, 0.4) is 0 Å². The predicted molar refractivity (Wildman–Crippen MR) is 106 cm³/mol. The number of nitrogens with one attached hydrogen (secondary N) is 1. The molecule has 4 aromatic rings. The van der Waals surface area contributed by atoms with Gasteiger partial charge in [-0.3, -0.25) is 4.68 Å². The maximum atomic E-state index is 5.37. The van der Waals surface area contributed by atoms with E-state index in [4.69, 9.17) is 9.47 Å². The van der Waals surface area contributed by atoms with Crippen molar-refractivity contribution in [3.05, 3.63) is 49.2 Å². The summed E-state index contributed by atoms with van der Waals surface area (Å²) < 4.78 is 12.6. The lowest BCUT2D eigenvalue weighted by molar-refractivity contribution is 0.00250. The first-order chi connectivity index (χ1) is 13.7. The van der Waals surface area contributed by atoms with Gasteiger partial charge in [-0.25, -0.2) is 9.97 Å². The van der Waals surface area contributed by atoms with Crippen LogP contribution in [0.1, 0.15) is 18.9 Å². The zero-order chi connectivity index (χ0) is 19.1. The molecule has 0 unspecified atom stereocenters. The van der Waals surface area contributed by atoms with E-state index in [9.17, 15) is 0 Å². The van der Waals surface area contributed by atoms with Crippen LogP contribution in [0.25, 0.3) is 33.3 Å². The second-order valence-corrected chi connectivity index (χ2v) is 7.10. The minimum Gasteiger partial charge on any atom is -0.481 e. The molecule has 1 aliphatic carbocycles. The molecule has 0 bridgehead atoms. The topological polar surface area (TPSA) is 77.8 Å². The van der Waals surface area contributed by atoms with Gasteiger partial charge in [-0.1, -0.05) is 0 Å². The Labute approximate surface area is 162 Å². The Kier molecular flexibility index (Phi) is 4.09. The van der Waals surface area contributed by atoms with Crippen molar-refractivity contribution < 1.29 is 9.47 Å². The van der Waals surface area contributed by atoms with Gasteiger partial charge < -0.3 is 14.5 Å². The number of H-pyrrole nitrogens is 1. The molecule has 142 valence electrons. The summed E-state index contributed by atoms with van der Waals surface area (Å²) in [4.78, 5) is 12.1. The molecule has 0 atom stereocenters. The zero-order valence-corrected chi connectivity index (χ0v) is 15.8. The van der Waals surface area contributed by atoms with E-state index in [2.05, 4.69) is 32.3 Å². The Hall–Kier alpha value is -3.19. The summed E-state index contributed by atoms with van der Waals surface area (Å²) in [6.45, 7) is 0. The molecular formula is C21H21N5O2. The Morgan fingerprint density at radius 1 is 1.04 bits per heavy atom. The van der Waals surface area contributed by atoms with Crippen LogP contribution in [0.2, 0.25) is 0 Å². The lowest BCUT2D eigenvalue weighted by Crippen LogP contribution is -2.32. The highest BCUT2D eigenvalue weighted by molar-refractivity contribution is 5.95. The lowest BCUT2D eigenvalue weighted by atomic mass is 9.89. The number of aromatic nitrogens is 5. The number of hydrogen-bond donors (Lipinski definition) is 1. The number of pyridine rings is 2. The third-order valence-corrected chi connectivity index (χ3v) is 5.50. The molecule has 0 aromatic carbocycles. The monoisotopic (exact) mass is 375 g/mol. The Bertz CT molecular complexity index is 1110. The van der Waals surface area contributed by atoms with Crippen molar-refractivity contribution in [2.45, 2.75) is 25.0 Å². The molecule has 1 aliphatic rings. The first-order valence-corrected chi connectivity index (χ1v) is 9.30. The average molecular weight is 375 g/mol. The molecule has 0 amide bonds. The van der Waals surface area contributed by atoms with Gasteiger partial charge >= 0.3 is 0 Å². The van der Waals surface area contributed by atoms with E-state index >= 15 is 0 Å². The summed E-state index contributed by atoms with van der Waals surface area (Å²) in [7, 11) is 3.38. The third-order valence-electron chi connectivity index (χ3n) is 5.50. The number of methoxy groups -OCH3 is 2. The minimum absolute atomic E-state index is 0.358. The summed E-state index contributed by atoms with van der Waals surface area (Å²) in [5.74, 6) is 0.599. The van der Waals surface area contributed by atoms with Crippen molar-refractivity contribution in [3.63, 3.8) is 0 Å². The highest BCUT2D eigenvalue weighted by Gasteiger charge is 2.31. The van der Waals surface area contributed by atoms with Crippen molar-refractivity contribution in [3.8, 4) is 28.1 Å². The molecule has 1 fully saturated rings. The summed E-state index contributed by atoms with van der Waals surface area (Å²) in [6.07, 6.45) is 12.1. The van der Waals surface area contributed by atoms with Gasteiger partial charge in [0.25, 0.3) is 0 Å². The van der Waals surface area contributed by atoms with E-state index in [1.54, 1.807) is 14.2 Å². The minimum atomic E-state index is 0.358. The molecule has 0 aliphatic heterocycles. The van der Waals surface area contributed by atoms with Gasteiger partial charge in [0.2, 0.25) is 5.88 Å². The molecule has 4 heterocycles. The van der Waals surface area contributed by atoms with Crippen LogP contribution in [0.4, 0.5) is 0 Å². The van der Waals surface area contributed by atoms with Crippen LogP contribution < -0.4 is 4.74 Å². The second-order valence-electron chi connectivity index (χ2n) is 7.10. The zero-order valence-electron chi connectivity index (χ0n) is 15.8. The fourth-order valence-corrected chi connectivity index (χ4v) is 3.69. The largest absolute Gasteiger partial charge is 0.481 e. The fraction of sp³-hybridized carbons (Fsp3) is 0.286. The predicted octanol–water partition coefficient (Wildman–Crippen LogP) is 3.85. The number of nitrogens with zero attached hydrogens (tertiary/aromatic N) is 4. The number of aromatic amines is 1. The fourth-order valence-electron chi connectivity index (χ4n) is 3.69. The normalized spacial score (nSPS) is 18.9. The standard InChI is InChI=1S/C21H21N5O2/c1-27-17-6-16(7-17)26-12-15(10-25-26)14-5-18-19(11-24-21(18)23-9-14)13-3-4-20(28-2)22-8-13/h3-5,8-12,16-17H,6-7H2,1-2H3,(H,23,24). The third kappa shape index (κ3) is 2.84. The lowest BCUT2D eigenvalue weighted by Gasteiger charge is -2.34. The molecule has 0 spiro atoms. The number of rotatable bonds is 5. The van der Waals surface area contributed by atoms with E-state index in [1.165, 1.54) is 0 Å². The Morgan fingerprint density at radius 3 is 2.64 bits per heavy atom. The summed E-state index contributed by atoms with van der Waals surface area (Å²) in [5.41, 5.74) is 5.04. The van der Waals surface area contributed by atoms with Gasteiger partial charge in [-0.2, -0.15) is 5.10 Å². The first-order valence-electron chi connectivity index (χ1n) is 9.30. The van der Waals surface area contributed by atoms with Crippen LogP contribution in [-0.2, 0) is 4.74 Å². The first kappa shape index (κ1) is 16.9. The van der Waals surface area contributed by atoms with Crippen LogP contribution in [0.15, 0.2) is 49.2 Å². The van der Waals surface area contributed by atoms with Crippen LogP contribution >= 0.6 is 0 Å². The molecule has 7 heteroatoms. The molecule has 5 rings (SSSR count). The molecule has 0 radical (unpaired) electrons. The maximum Gasteiger partial charge on any atom is 0.212 e. The SMILES string of the molecule is COc1ccc(-c2c[nH]c3ncc(-c4cnn(C5CC(OC)C5)c4)cc23)cn1. The molecule has 28 heavy (non-hydrogen) atoms. The quantitative estimate of drug-likeness (QED) is 0.573. The van der Waals surface area contributed by atoms with Gasteiger partial charge in [0.1, 0.15) is 5.65 Å². The average Bonchev–Trinajstić information content (AvgIpc) is 3.34. The van der Waals surface area contributed by atoms with Gasteiger partial charge in [0.15, 0.2) is 0 Å². The summed E-state index contributed by atoms with van der Waals surface area (Å²) in [6, 6.07) is 6.44. The summed E-state index contributed by atoms with van der Waals surface area (Å²) >= 11 is 0. The van der Waals surface area contributed by atoms with Crippen LogP contribution in [-0.4, -0.2) is 45.1 Å². The van der Waals surface area contributed by atoms with Gasteiger partial charge in [0, 0.05) is 65.6 Å². The van der Waals surface area contributed by atoms with Crippen LogP contribution in [0.5, 0.6) is 5.88 Å². The van der Waals surface area contributed by atoms with Gasteiger partial charge in [-0.15, -0.1) is 0 Å². The van der Waals surface area contributed by atoms with E-state index in [1.807, 2.05) is 41.6 Å². The Morgan fingerprint density at radius 2 is 1.89 bits per heavy atom. The number of ether oxygens (including phenoxy) is 2. The maximum absolute atomic E-state index is 5.37. The molecule has 1 saturated carbocycles. The highest BCUT2D eigenvalue weighted by atomic mass is 16.5. The molecule has 0 saturated heterocycles. The van der Waals surface area contributed by atoms with Crippen molar-refractivity contribution >= 4 is 11.0 Å². The van der Waals surface area contributed by atoms with Crippen molar-refractivity contribution in [2.24, 2.45) is 0 Å². The van der Waals surface area contributed by atoms with E-state index < -0.39 is 0 Å². The Balaban J connectivity index is 1.47. The van der Waals surface area contributed by atoms with Gasteiger partial charge in [0.05, 0.1) is 25.5 Å². The van der Waals surface area contributed by atoms with Gasteiger partial charge in [-0.05, 0) is 25.0 Å². The van der Waals surface area contributed by atoms with Crippen molar-refractivity contribution in [1.82, 2.24) is 24.7 Å². The molecular weight excluding hydrogens is 354 g/mol. The van der Waals surface area contributed by atoms with Crippen molar-refractivity contribution in [2.75, 3.05) is 14.2 Å². The molecule has 7 nitrogen and oxygen atoms in total. The number of hydrogen-bond acceptors (Lipinski definition) is 5. The number of fused-ring (bicyclic) bond motifs is 1. The van der Waals surface area contributed by atoms with Crippen LogP contribution in [0, 0.1) is 0 Å². The van der Waals surface area contributed by atoms with Crippen molar-refractivity contribution in [1.29, 1.82) is 0 Å². The second kappa shape index (κ2) is 6.76. The highest BCUT2D eigenvalue weighted by Crippen LogP contribution is 2.35. The smallest absolute Gasteiger partial charge is 0.212 e. The van der Waals surface area contributed by atoms with E-state index in [-0.39, 0.29) is 0 Å². The summed E-state index contributed by atoms with van der Waals surface area (Å²) in [5, 5.41) is 5.61. The van der Waals surface area contributed by atoms with E-state index in [0.29, 0.717) is 18.0 Å².